The molecule has 11 nitrogen and oxygen atoms in total. The fourth-order valence-corrected chi connectivity index (χ4v) is 3.44. The van der Waals surface area contributed by atoms with Crippen LogP contribution in [0.15, 0.2) is 59.4 Å². The van der Waals surface area contributed by atoms with Crippen molar-refractivity contribution in [2.45, 2.75) is 6.04 Å². The molecule has 0 spiro atoms. The Morgan fingerprint density at radius 2 is 1.83 bits per heavy atom. The van der Waals surface area contributed by atoms with Gasteiger partial charge in [-0.25, -0.2) is 5.10 Å². The smallest absolute Gasteiger partial charge is 0.288 e. The summed E-state index contributed by atoms with van der Waals surface area (Å²) in [7, 11) is 0. The lowest BCUT2D eigenvalue weighted by Crippen LogP contribution is -2.29. The first-order valence-electron chi connectivity index (χ1n) is 8.60. The monoisotopic (exact) mass is 388 g/mol. The summed E-state index contributed by atoms with van der Waals surface area (Å²) in [6, 6.07) is 14.9. The number of benzene rings is 2. The maximum Gasteiger partial charge on any atom is 0.288 e. The van der Waals surface area contributed by atoms with Crippen molar-refractivity contribution < 1.29 is 4.92 Å². The molecule has 4 aromatic rings. The summed E-state index contributed by atoms with van der Waals surface area (Å²) in [6.45, 7) is 0. The van der Waals surface area contributed by atoms with E-state index in [4.69, 9.17) is 0 Å². The van der Waals surface area contributed by atoms with Crippen LogP contribution in [0, 0.1) is 10.1 Å². The highest BCUT2D eigenvalue weighted by molar-refractivity contribution is 5.75. The van der Waals surface area contributed by atoms with Gasteiger partial charge in [0.15, 0.2) is 0 Å². The lowest BCUT2D eigenvalue weighted by molar-refractivity contribution is -0.384. The number of anilines is 2. The Labute approximate surface area is 162 Å². The zero-order chi connectivity index (χ0) is 20.0. The van der Waals surface area contributed by atoms with Crippen LogP contribution in [0.3, 0.4) is 0 Å². The summed E-state index contributed by atoms with van der Waals surface area (Å²) < 4.78 is 1.58. The van der Waals surface area contributed by atoms with E-state index in [0.717, 1.165) is 5.56 Å². The normalized spacial score (nSPS) is 14.6. The van der Waals surface area contributed by atoms with Crippen LogP contribution in [0.4, 0.5) is 17.3 Å². The number of nitro benzene ring substituents is 1. The van der Waals surface area contributed by atoms with E-state index < -0.39 is 16.5 Å². The molecule has 2 N–H and O–H groups in total. The molecule has 11 heteroatoms. The third-order valence-electron chi connectivity index (χ3n) is 4.74. The molecule has 0 saturated heterocycles. The van der Waals surface area contributed by atoms with E-state index in [9.17, 15) is 14.9 Å². The van der Waals surface area contributed by atoms with Gasteiger partial charge in [-0.05, 0) is 28.1 Å². The van der Waals surface area contributed by atoms with Crippen LogP contribution in [0.25, 0.3) is 11.3 Å². The number of nitro groups is 1. The van der Waals surface area contributed by atoms with Crippen molar-refractivity contribution in [2.75, 3.05) is 5.32 Å². The largest absolute Gasteiger partial charge is 0.318 e. The second-order valence-electron chi connectivity index (χ2n) is 6.38. The van der Waals surface area contributed by atoms with Crippen LogP contribution in [0.1, 0.15) is 17.2 Å². The fraction of sp³-hybridized carbons (Fsp3) is 0.0556. The van der Waals surface area contributed by atoms with Gasteiger partial charge in [0.1, 0.15) is 11.7 Å². The Kier molecular flexibility index (Phi) is 3.66. The van der Waals surface area contributed by atoms with Crippen LogP contribution in [-0.2, 0) is 0 Å². The van der Waals surface area contributed by atoms with Crippen molar-refractivity contribution in [3.8, 4) is 11.3 Å². The fourth-order valence-electron chi connectivity index (χ4n) is 3.44. The number of rotatable bonds is 3. The van der Waals surface area contributed by atoms with E-state index in [2.05, 4.69) is 31.0 Å². The first kappa shape index (κ1) is 16.7. The zero-order valence-electron chi connectivity index (χ0n) is 14.7. The molecule has 1 aliphatic rings. The van der Waals surface area contributed by atoms with Crippen LogP contribution in [-0.4, -0.2) is 35.3 Å². The van der Waals surface area contributed by atoms with E-state index in [1.165, 1.54) is 12.1 Å². The van der Waals surface area contributed by atoms with Crippen molar-refractivity contribution in [2.24, 2.45) is 0 Å². The average molecular weight is 388 g/mol. The molecular formula is C18H12N8O3. The van der Waals surface area contributed by atoms with E-state index in [0.29, 0.717) is 22.8 Å². The first-order valence-corrected chi connectivity index (χ1v) is 8.60. The number of hydrogen-bond acceptors (Lipinski definition) is 8. The van der Waals surface area contributed by atoms with Gasteiger partial charge in [-0.15, -0.1) is 0 Å². The van der Waals surface area contributed by atoms with Crippen molar-refractivity contribution in [3.63, 3.8) is 0 Å². The van der Waals surface area contributed by atoms with Crippen molar-refractivity contribution in [1.29, 1.82) is 0 Å². The molecule has 0 aliphatic carbocycles. The lowest BCUT2D eigenvalue weighted by atomic mass is 9.92. The predicted molar refractivity (Wildman–Crippen MR) is 102 cm³/mol. The van der Waals surface area contributed by atoms with Crippen molar-refractivity contribution in [1.82, 2.24) is 30.4 Å². The van der Waals surface area contributed by atoms with Crippen molar-refractivity contribution >= 4 is 17.3 Å². The molecule has 29 heavy (non-hydrogen) atoms. The number of non-ortho nitro benzene ring substituents is 1. The molecule has 2 aromatic heterocycles. The number of hydrogen-bond donors (Lipinski definition) is 2. The van der Waals surface area contributed by atoms with E-state index in [-0.39, 0.29) is 11.4 Å². The van der Waals surface area contributed by atoms with Gasteiger partial charge >= 0.3 is 0 Å². The van der Waals surface area contributed by atoms with E-state index >= 15 is 0 Å². The molecular weight excluding hydrogens is 376 g/mol. The molecule has 0 fully saturated rings. The topological polar surface area (TPSA) is 145 Å². The van der Waals surface area contributed by atoms with Gasteiger partial charge in [-0.3, -0.25) is 14.9 Å². The molecule has 3 heterocycles. The van der Waals surface area contributed by atoms with E-state index in [1.54, 1.807) is 16.8 Å². The second kappa shape index (κ2) is 6.34. The third kappa shape index (κ3) is 2.64. The number of H-pyrrole nitrogens is 1. The Morgan fingerprint density at radius 1 is 1.07 bits per heavy atom. The Bertz CT molecular complexity index is 1280. The van der Waals surface area contributed by atoms with Crippen LogP contribution < -0.4 is 10.9 Å². The van der Waals surface area contributed by atoms with Crippen LogP contribution in [0.5, 0.6) is 0 Å². The number of aromatic nitrogens is 6. The van der Waals surface area contributed by atoms with E-state index in [1.807, 2.05) is 30.3 Å². The standard InChI is InChI=1S/C18H12N8O3/c27-17-15-13(14(20-21-17)10-6-8-12(9-7-10)26(28)29)16(11-4-2-1-3-5-11)25-18(19-15)22-23-24-25/h1-9,16H,(H,21,27)(H,19,22,24)/t16-/m1/s1. The highest BCUT2D eigenvalue weighted by atomic mass is 16.6. The molecule has 2 aromatic carbocycles. The number of aromatic amines is 1. The Hall–Kier alpha value is -4.41. The number of nitrogens with zero attached hydrogens (tertiary/aromatic N) is 6. The van der Waals surface area contributed by atoms with Gasteiger partial charge in [0.25, 0.3) is 11.2 Å². The molecule has 0 amide bonds. The summed E-state index contributed by atoms with van der Waals surface area (Å²) in [4.78, 5) is 23.1. The molecule has 0 saturated carbocycles. The number of fused-ring (bicyclic) bond motifs is 2. The second-order valence-corrected chi connectivity index (χ2v) is 6.38. The highest BCUT2D eigenvalue weighted by Gasteiger charge is 2.34. The summed E-state index contributed by atoms with van der Waals surface area (Å²) in [5.74, 6) is 0.331. The SMILES string of the molecule is O=c1[nH]nc(-c2ccc([N+](=O)[O-])cc2)c2c1Nc1nnnn1[C@@H]2c1ccccc1. The molecule has 0 bridgehead atoms. The lowest BCUT2D eigenvalue weighted by Gasteiger charge is -2.27. The van der Waals surface area contributed by atoms with Crippen LogP contribution in [0.2, 0.25) is 0 Å². The maximum absolute atomic E-state index is 12.6. The minimum atomic E-state index is -0.502. The predicted octanol–water partition coefficient (Wildman–Crippen LogP) is 2.03. The minimum Gasteiger partial charge on any atom is -0.318 e. The van der Waals surface area contributed by atoms with Gasteiger partial charge in [0.2, 0.25) is 5.95 Å². The third-order valence-corrected chi connectivity index (χ3v) is 4.74. The van der Waals surface area contributed by atoms with Gasteiger partial charge in [-0.1, -0.05) is 35.4 Å². The van der Waals surface area contributed by atoms with Gasteiger partial charge in [-0.2, -0.15) is 9.78 Å². The Balaban J connectivity index is 1.77. The number of tetrazole rings is 1. The summed E-state index contributed by atoms with van der Waals surface area (Å²) in [5.41, 5.74) is 2.35. The minimum absolute atomic E-state index is 0.0347. The summed E-state index contributed by atoms with van der Waals surface area (Å²) in [6.07, 6.45) is 0. The average Bonchev–Trinajstić information content (AvgIpc) is 3.22. The molecule has 142 valence electrons. The first-order chi connectivity index (χ1) is 14.1. The maximum atomic E-state index is 12.6. The van der Waals surface area contributed by atoms with Gasteiger partial charge < -0.3 is 5.32 Å². The summed E-state index contributed by atoms with van der Waals surface area (Å²) in [5, 5.41) is 32.4. The molecule has 0 radical (unpaired) electrons. The zero-order valence-corrected chi connectivity index (χ0v) is 14.7. The summed E-state index contributed by atoms with van der Waals surface area (Å²) >= 11 is 0. The molecule has 0 unspecified atom stereocenters. The van der Waals surface area contributed by atoms with Gasteiger partial charge in [0.05, 0.1) is 10.6 Å². The van der Waals surface area contributed by atoms with Gasteiger partial charge in [0, 0.05) is 23.3 Å². The van der Waals surface area contributed by atoms with Crippen LogP contribution >= 0.6 is 0 Å². The Morgan fingerprint density at radius 3 is 2.55 bits per heavy atom. The molecule has 5 rings (SSSR count). The number of nitrogens with one attached hydrogen (secondary N) is 2. The molecule has 1 atom stereocenters. The molecule has 1 aliphatic heterocycles. The van der Waals surface area contributed by atoms with Crippen molar-refractivity contribution in [3.05, 3.63) is 86.2 Å². The highest BCUT2D eigenvalue weighted by Crippen LogP contribution is 2.41. The quantitative estimate of drug-likeness (QED) is 0.353.